The van der Waals surface area contributed by atoms with Gasteiger partial charge >= 0.3 is 0 Å². The molecule has 4 heterocycles. The molecule has 1 saturated carbocycles. The lowest BCUT2D eigenvalue weighted by molar-refractivity contribution is 0.0445. The molecule has 1 unspecified atom stereocenters. The Labute approximate surface area is 176 Å². The van der Waals surface area contributed by atoms with Crippen LogP contribution in [0.2, 0.25) is 5.02 Å². The van der Waals surface area contributed by atoms with E-state index in [0.717, 1.165) is 35.0 Å². The standard InChI is InChI=1S/C23H25ClN4O/c24-20-5-3-18(4-6-20)23(22-27-26-16-29-22,19-9-12-25-13-10-19)11-14-28-15-17-1-7-21(28)8-2-17/h3-6,9-10,12-13,16-17,21H,1-2,7-8,11,14-15H2. The first-order valence-corrected chi connectivity index (χ1v) is 10.8. The maximum absolute atomic E-state index is 6.20. The highest BCUT2D eigenvalue weighted by molar-refractivity contribution is 6.30. The van der Waals surface area contributed by atoms with Crippen LogP contribution in [0, 0.1) is 5.92 Å². The van der Waals surface area contributed by atoms with Crippen LogP contribution in [0.3, 0.4) is 0 Å². The van der Waals surface area contributed by atoms with Gasteiger partial charge < -0.3 is 9.32 Å². The normalized spacial score (nSPS) is 23.8. The molecule has 2 aliphatic heterocycles. The van der Waals surface area contributed by atoms with Crippen LogP contribution in [0.1, 0.15) is 49.1 Å². The number of fused-ring (bicyclic) bond motifs is 3. The molecule has 3 fully saturated rings. The summed E-state index contributed by atoms with van der Waals surface area (Å²) in [7, 11) is 0. The monoisotopic (exact) mass is 408 g/mol. The SMILES string of the molecule is Clc1ccc(C(CCN2CC3CCC2CC3)(c2ccncc2)c2nnco2)cc1. The molecule has 0 N–H and O–H groups in total. The van der Waals surface area contributed by atoms with Crippen LogP contribution < -0.4 is 0 Å². The highest BCUT2D eigenvalue weighted by Gasteiger charge is 2.43. The maximum atomic E-state index is 6.20. The van der Waals surface area contributed by atoms with Gasteiger partial charge in [0.15, 0.2) is 0 Å². The third-order valence-corrected chi connectivity index (χ3v) is 7.09. The molecule has 0 amide bonds. The van der Waals surface area contributed by atoms with Crippen molar-refractivity contribution in [3.8, 4) is 0 Å². The summed E-state index contributed by atoms with van der Waals surface area (Å²) in [5.74, 6) is 1.47. The second kappa shape index (κ2) is 7.88. The third kappa shape index (κ3) is 3.47. The van der Waals surface area contributed by atoms with Gasteiger partial charge in [-0.2, -0.15) is 0 Å². The Bertz CT molecular complexity index is 923. The average Bonchev–Trinajstić information content (AvgIpc) is 3.32. The molecule has 0 radical (unpaired) electrons. The summed E-state index contributed by atoms with van der Waals surface area (Å²) in [6.07, 6.45) is 11.4. The van der Waals surface area contributed by atoms with Crippen molar-refractivity contribution >= 4 is 11.6 Å². The topological polar surface area (TPSA) is 55.1 Å². The van der Waals surface area contributed by atoms with Gasteiger partial charge in [0.1, 0.15) is 0 Å². The summed E-state index contributed by atoms with van der Waals surface area (Å²) < 4.78 is 5.85. The van der Waals surface area contributed by atoms with E-state index in [2.05, 4.69) is 44.3 Å². The second-order valence-corrected chi connectivity index (χ2v) is 8.75. The molecule has 2 bridgehead atoms. The smallest absolute Gasteiger partial charge is 0.231 e. The van der Waals surface area contributed by atoms with Gasteiger partial charge in [0.05, 0.1) is 5.41 Å². The number of rotatable bonds is 6. The molecule has 5 nitrogen and oxygen atoms in total. The second-order valence-electron chi connectivity index (χ2n) is 8.31. The number of halogens is 1. The van der Waals surface area contributed by atoms with E-state index in [0.29, 0.717) is 11.9 Å². The van der Waals surface area contributed by atoms with Crippen molar-refractivity contribution < 1.29 is 4.42 Å². The Kier molecular flexibility index (Phi) is 5.10. The van der Waals surface area contributed by atoms with E-state index >= 15 is 0 Å². The maximum Gasteiger partial charge on any atom is 0.231 e. The molecule has 6 rings (SSSR count). The Morgan fingerprint density at radius 3 is 2.34 bits per heavy atom. The molecule has 6 heteroatoms. The fraction of sp³-hybridized carbons (Fsp3) is 0.435. The van der Waals surface area contributed by atoms with E-state index < -0.39 is 5.41 Å². The van der Waals surface area contributed by atoms with Gasteiger partial charge in [0, 0.05) is 36.5 Å². The van der Waals surface area contributed by atoms with Crippen LogP contribution in [-0.2, 0) is 5.41 Å². The number of benzene rings is 1. The van der Waals surface area contributed by atoms with E-state index in [9.17, 15) is 0 Å². The van der Waals surface area contributed by atoms with Crippen molar-refractivity contribution in [3.05, 3.63) is 77.2 Å². The zero-order valence-corrected chi connectivity index (χ0v) is 17.1. The van der Waals surface area contributed by atoms with E-state index in [-0.39, 0.29) is 0 Å². The first kappa shape index (κ1) is 18.8. The zero-order valence-electron chi connectivity index (χ0n) is 16.4. The van der Waals surface area contributed by atoms with Crippen LogP contribution in [0.15, 0.2) is 59.6 Å². The summed E-state index contributed by atoms with van der Waals surface area (Å²) in [6, 6.07) is 12.9. The lowest BCUT2D eigenvalue weighted by atomic mass is 9.71. The zero-order chi connectivity index (χ0) is 19.7. The summed E-state index contributed by atoms with van der Waals surface area (Å²) in [6.45, 7) is 2.20. The van der Waals surface area contributed by atoms with Crippen molar-refractivity contribution in [2.45, 2.75) is 43.6 Å². The predicted octanol–water partition coefficient (Wildman–Crippen LogP) is 4.72. The minimum absolute atomic E-state index is 0.527. The number of hydrogen-bond donors (Lipinski definition) is 0. The highest BCUT2D eigenvalue weighted by atomic mass is 35.5. The predicted molar refractivity (Wildman–Crippen MR) is 112 cm³/mol. The number of pyridine rings is 1. The van der Waals surface area contributed by atoms with Gasteiger partial charge in [0.25, 0.3) is 0 Å². The van der Waals surface area contributed by atoms with Gasteiger partial charge in [-0.25, -0.2) is 0 Å². The Morgan fingerprint density at radius 2 is 1.72 bits per heavy atom. The molecule has 3 aromatic rings. The molecule has 150 valence electrons. The van der Waals surface area contributed by atoms with E-state index in [1.54, 1.807) is 0 Å². The highest BCUT2D eigenvalue weighted by Crippen LogP contribution is 2.43. The molecule has 1 aromatic carbocycles. The van der Waals surface area contributed by atoms with E-state index in [1.807, 2.05) is 24.5 Å². The van der Waals surface area contributed by atoms with Gasteiger partial charge in [-0.3, -0.25) is 4.98 Å². The summed E-state index contributed by atoms with van der Waals surface area (Å²) in [5, 5.41) is 9.12. The lowest BCUT2D eigenvalue weighted by Gasteiger charge is -2.46. The number of hydrogen-bond acceptors (Lipinski definition) is 5. The van der Waals surface area contributed by atoms with Gasteiger partial charge in [-0.1, -0.05) is 23.7 Å². The molecule has 1 atom stereocenters. The van der Waals surface area contributed by atoms with Crippen molar-refractivity contribution in [2.24, 2.45) is 5.92 Å². The number of aromatic nitrogens is 3. The quantitative estimate of drug-likeness (QED) is 0.590. The lowest BCUT2D eigenvalue weighted by Crippen LogP contribution is -2.49. The fourth-order valence-electron chi connectivity index (χ4n) is 5.30. The largest absolute Gasteiger partial charge is 0.427 e. The summed E-state index contributed by atoms with van der Waals surface area (Å²) in [5.41, 5.74) is 1.70. The Balaban J connectivity index is 1.57. The van der Waals surface area contributed by atoms with Crippen LogP contribution in [0.5, 0.6) is 0 Å². The van der Waals surface area contributed by atoms with Crippen molar-refractivity contribution in [1.82, 2.24) is 20.1 Å². The van der Waals surface area contributed by atoms with E-state index in [4.69, 9.17) is 16.0 Å². The van der Waals surface area contributed by atoms with Crippen LogP contribution in [0.25, 0.3) is 0 Å². The molecule has 1 aliphatic carbocycles. The first-order valence-electron chi connectivity index (χ1n) is 10.4. The molecular weight excluding hydrogens is 384 g/mol. The molecule has 3 aliphatic rings. The minimum Gasteiger partial charge on any atom is -0.427 e. The minimum atomic E-state index is -0.527. The molecule has 0 spiro atoms. The average molecular weight is 409 g/mol. The van der Waals surface area contributed by atoms with Gasteiger partial charge in [-0.15, -0.1) is 10.2 Å². The van der Waals surface area contributed by atoms with Gasteiger partial charge in [-0.05, 0) is 73.4 Å². The van der Waals surface area contributed by atoms with Gasteiger partial charge in [0.2, 0.25) is 12.3 Å². The third-order valence-electron chi connectivity index (χ3n) is 6.83. The first-order chi connectivity index (χ1) is 14.3. The van der Waals surface area contributed by atoms with Crippen molar-refractivity contribution in [2.75, 3.05) is 13.1 Å². The Hall–Kier alpha value is -2.24. The molecule has 2 saturated heterocycles. The number of nitrogens with zero attached hydrogens (tertiary/aromatic N) is 4. The van der Waals surface area contributed by atoms with E-state index in [1.165, 1.54) is 38.6 Å². The van der Waals surface area contributed by atoms with Crippen LogP contribution in [0.4, 0.5) is 0 Å². The van der Waals surface area contributed by atoms with Crippen molar-refractivity contribution in [3.63, 3.8) is 0 Å². The summed E-state index contributed by atoms with van der Waals surface area (Å²) in [4.78, 5) is 6.91. The van der Waals surface area contributed by atoms with Crippen molar-refractivity contribution in [1.29, 1.82) is 0 Å². The molecular formula is C23H25ClN4O. The summed E-state index contributed by atoms with van der Waals surface area (Å²) >= 11 is 6.20. The number of piperidine rings is 2. The fourth-order valence-corrected chi connectivity index (χ4v) is 5.42. The molecule has 2 aromatic heterocycles. The van der Waals surface area contributed by atoms with Crippen LogP contribution in [-0.4, -0.2) is 39.2 Å². The molecule has 29 heavy (non-hydrogen) atoms. The van der Waals surface area contributed by atoms with Crippen LogP contribution >= 0.6 is 11.6 Å². The Morgan fingerprint density at radius 1 is 1.00 bits per heavy atom.